The predicted molar refractivity (Wildman–Crippen MR) is 79.9 cm³/mol. The molecule has 0 aliphatic carbocycles. The molecule has 2 aromatic rings. The third kappa shape index (κ3) is 3.71. The molecule has 0 spiro atoms. The molecule has 2 rings (SSSR count). The quantitative estimate of drug-likeness (QED) is 0.887. The molecule has 0 amide bonds. The molecule has 0 heterocycles. The van der Waals surface area contributed by atoms with Crippen molar-refractivity contribution in [1.82, 2.24) is 5.32 Å². The van der Waals surface area contributed by atoms with Gasteiger partial charge in [0.2, 0.25) is 0 Å². The molecule has 112 valence electrons. The molecular weight excluding hydrogens is 296 g/mol. The van der Waals surface area contributed by atoms with Crippen molar-refractivity contribution in [1.29, 1.82) is 0 Å². The Morgan fingerprint density at radius 3 is 2.38 bits per heavy atom. The highest BCUT2D eigenvalue weighted by molar-refractivity contribution is 6.30. The van der Waals surface area contributed by atoms with Crippen molar-refractivity contribution in [3.05, 3.63) is 64.2 Å². The summed E-state index contributed by atoms with van der Waals surface area (Å²) in [5.41, 5.74) is 1.21. The number of methoxy groups -OCH3 is 1. The summed E-state index contributed by atoms with van der Waals surface area (Å²) in [6, 6.07) is 8.22. The van der Waals surface area contributed by atoms with Gasteiger partial charge in [0, 0.05) is 16.7 Å². The molecule has 0 fully saturated rings. The molecule has 0 bridgehead atoms. The Labute approximate surface area is 127 Å². The molecule has 0 aliphatic heterocycles. The highest BCUT2D eigenvalue weighted by Crippen LogP contribution is 2.32. The third-order valence-electron chi connectivity index (χ3n) is 3.13. The molecule has 0 saturated heterocycles. The van der Waals surface area contributed by atoms with Gasteiger partial charge in [-0.1, -0.05) is 18.5 Å². The van der Waals surface area contributed by atoms with Gasteiger partial charge in [0.15, 0.2) is 0 Å². The fraction of sp³-hybridized carbons (Fsp3) is 0.250. The number of rotatable bonds is 5. The molecule has 0 aromatic heterocycles. The zero-order valence-electron chi connectivity index (χ0n) is 11.8. The van der Waals surface area contributed by atoms with Crippen LogP contribution in [0.25, 0.3) is 0 Å². The normalized spacial score (nSPS) is 12.2. The van der Waals surface area contributed by atoms with Crippen molar-refractivity contribution in [2.45, 2.75) is 13.0 Å². The Balaban J connectivity index is 2.55. The van der Waals surface area contributed by atoms with Gasteiger partial charge in [-0.3, -0.25) is 0 Å². The molecule has 2 nitrogen and oxygen atoms in total. The molecule has 5 heteroatoms. The summed E-state index contributed by atoms with van der Waals surface area (Å²) in [6.07, 6.45) is 0. The van der Waals surface area contributed by atoms with E-state index in [2.05, 4.69) is 5.32 Å². The van der Waals surface area contributed by atoms with E-state index < -0.39 is 17.7 Å². The zero-order chi connectivity index (χ0) is 15.4. The van der Waals surface area contributed by atoms with Gasteiger partial charge in [-0.15, -0.1) is 0 Å². The van der Waals surface area contributed by atoms with Gasteiger partial charge in [0.05, 0.1) is 13.2 Å². The first kappa shape index (κ1) is 15.7. The van der Waals surface area contributed by atoms with E-state index in [0.29, 0.717) is 22.9 Å². The van der Waals surface area contributed by atoms with Crippen LogP contribution >= 0.6 is 11.6 Å². The standard InChI is InChI=1S/C16H16ClF2NO/c1-3-20-16(10-6-12(18)9-13(19)7-10)14-8-11(17)4-5-15(14)21-2/h4-9,16,20H,3H2,1-2H3. The van der Waals surface area contributed by atoms with Crippen LogP contribution in [0.1, 0.15) is 24.1 Å². The average molecular weight is 312 g/mol. The Morgan fingerprint density at radius 1 is 1.14 bits per heavy atom. The second-order valence-corrected chi connectivity index (χ2v) is 5.02. The molecule has 21 heavy (non-hydrogen) atoms. The van der Waals surface area contributed by atoms with Crippen LogP contribution in [0.3, 0.4) is 0 Å². The number of halogens is 3. The summed E-state index contributed by atoms with van der Waals surface area (Å²) < 4.78 is 32.3. The molecule has 0 saturated carbocycles. The van der Waals surface area contributed by atoms with E-state index in [1.165, 1.54) is 12.1 Å². The summed E-state index contributed by atoms with van der Waals surface area (Å²) in [5.74, 6) is -0.627. The van der Waals surface area contributed by atoms with Gasteiger partial charge in [-0.25, -0.2) is 8.78 Å². The smallest absolute Gasteiger partial charge is 0.126 e. The van der Waals surface area contributed by atoms with E-state index in [1.54, 1.807) is 25.3 Å². The van der Waals surface area contributed by atoms with Crippen LogP contribution in [0.4, 0.5) is 8.78 Å². The lowest BCUT2D eigenvalue weighted by atomic mass is 9.97. The van der Waals surface area contributed by atoms with Gasteiger partial charge in [0.25, 0.3) is 0 Å². The van der Waals surface area contributed by atoms with E-state index in [4.69, 9.17) is 16.3 Å². The first-order valence-corrected chi connectivity index (χ1v) is 6.95. The Kier molecular flexibility index (Phi) is 5.15. The maximum absolute atomic E-state index is 13.5. The first-order valence-electron chi connectivity index (χ1n) is 6.58. The van der Waals surface area contributed by atoms with Gasteiger partial charge < -0.3 is 10.1 Å². The Bertz CT molecular complexity index is 613. The second kappa shape index (κ2) is 6.87. The lowest BCUT2D eigenvalue weighted by Crippen LogP contribution is -2.23. The van der Waals surface area contributed by atoms with Crippen LogP contribution in [0.15, 0.2) is 36.4 Å². The molecule has 0 radical (unpaired) electrons. The van der Waals surface area contributed by atoms with Crippen LogP contribution in [0.5, 0.6) is 5.75 Å². The molecule has 1 unspecified atom stereocenters. The maximum Gasteiger partial charge on any atom is 0.126 e. The molecular formula is C16H16ClF2NO. The van der Waals surface area contributed by atoms with Gasteiger partial charge in [-0.2, -0.15) is 0 Å². The van der Waals surface area contributed by atoms with Crippen molar-refractivity contribution >= 4 is 11.6 Å². The highest BCUT2D eigenvalue weighted by Gasteiger charge is 2.19. The minimum atomic E-state index is -0.617. The summed E-state index contributed by atoms with van der Waals surface area (Å²) in [6.45, 7) is 2.54. The first-order chi connectivity index (χ1) is 10.0. The lowest BCUT2D eigenvalue weighted by Gasteiger charge is -2.21. The van der Waals surface area contributed by atoms with Crippen LogP contribution in [0.2, 0.25) is 5.02 Å². The zero-order valence-corrected chi connectivity index (χ0v) is 12.5. The SMILES string of the molecule is CCNC(c1cc(F)cc(F)c1)c1cc(Cl)ccc1OC. The number of hydrogen-bond donors (Lipinski definition) is 1. The molecule has 2 aromatic carbocycles. The van der Waals surface area contributed by atoms with Gasteiger partial charge >= 0.3 is 0 Å². The van der Waals surface area contributed by atoms with Gasteiger partial charge in [-0.05, 0) is 42.4 Å². The van der Waals surface area contributed by atoms with Crippen LogP contribution in [-0.2, 0) is 0 Å². The highest BCUT2D eigenvalue weighted by atomic mass is 35.5. The average Bonchev–Trinajstić information content (AvgIpc) is 2.43. The van der Waals surface area contributed by atoms with E-state index in [9.17, 15) is 8.78 Å². The lowest BCUT2D eigenvalue weighted by molar-refractivity contribution is 0.404. The monoisotopic (exact) mass is 311 g/mol. The van der Waals surface area contributed by atoms with Crippen molar-refractivity contribution in [3.63, 3.8) is 0 Å². The number of hydrogen-bond acceptors (Lipinski definition) is 2. The van der Waals surface area contributed by atoms with Crippen molar-refractivity contribution in [3.8, 4) is 5.75 Å². The number of benzene rings is 2. The largest absolute Gasteiger partial charge is 0.496 e. The summed E-state index contributed by atoms with van der Waals surface area (Å²) in [5, 5.41) is 3.73. The minimum Gasteiger partial charge on any atom is -0.496 e. The molecule has 1 N–H and O–H groups in total. The fourth-order valence-electron chi connectivity index (χ4n) is 2.28. The predicted octanol–water partition coefficient (Wildman–Crippen LogP) is 4.33. The molecule has 0 aliphatic rings. The third-order valence-corrected chi connectivity index (χ3v) is 3.36. The minimum absolute atomic E-state index is 0.408. The maximum atomic E-state index is 13.5. The number of ether oxygens (including phenoxy) is 1. The topological polar surface area (TPSA) is 21.3 Å². The van der Waals surface area contributed by atoms with Crippen molar-refractivity contribution in [2.24, 2.45) is 0 Å². The Morgan fingerprint density at radius 2 is 1.81 bits per heavy atom. The fourth-order valence-corrected chi connectivity index (χ4v) is 2.46. The summed E-state index contributed by atoms with van der Waals surface area (Å²) in [7, 11) is 1.54. The van der Waals surface area contributed by atoms with Crippen LogP contribution in [0, 0.1) is 11.6 Å². The molecule has 1 atom stereocenters. The Hall–Kier alpha value is -1.65. The van der Waals surface area contributed by atoms with Gasteiger partial charge in [0.1, 0.15) is 17.4 Å². The van der Waals surface area contributed by atoms with E-state index >= 15 is 0 Å². The summed E-state index contributed by atoms with van der Waals surface area (Å²) >= 11 is 6.04. The van der Waals surface area contributed by atoms with Crippen molar-refractivity contribution < 1.29 is 13.5 Å². The second-order valence-electron chi connectivity index (χ2n) is 4.58. The summed E-state index contributed by atoms with van der Waals surface area (Å²) in [4.78, 5) is 0. The van der Waals surface area contributed by atoms with Crippen LogP contribution in [-0.4, -0.2) is 13.7 Å². The van der Waals surface area contributed by atoms with E-state index in [1.807, 2.05) is 6.92 Å². The van der Waals surface area contributed by atoms with E-state index in [-0.39, 0.29) is 0 Å². The number of nitrogens with one attached hydrogen (secondary N) is 1. The van der Waals surface area contributed by atoms with E-state index in [0.717, 1.165) is 11.6 Å². The van der Waals surface area contributed by atoms with Crippen LogP contribution < -0.4 is 10.1 Å². The van der Waals surface area contributed by atoms with Crippen molar-refractivity contribution in [2.75, 3.05) is 13.7 Å².